The Hall–Kier alpha value is -1.81. The molecular weight excluding hydrogens is 248 g/mol. The van der Waals surface area contributed by atoms with Gasteiger partial charge in [0.2, 0.25) is 0 Å². The standard InChI is InChI=1S/C16H20N4/c1-3-14(10-17-5-1)9-15-4-2-8-20(12-15)13-16-11-18-6-7-19-16/h1,3,5-7,10-11,15H,2,4,8-9,12-13H2/t15-/m0/s1. The quantitative estimate of drug-likeness (QED) is 0.853. The van der Waals surface area contributed by atoms with E-state index >= 15 is 0 Å². The van der Waals surface area contributed by atoms with E-state index in [-0.39, 0.29) is 0 Å². The first-order valence-electron chi connectivity index (χ1n) is 7.26. The fourth-order valence-corrected chi connectivity index (χ4v) is 2.95. The highest BCUT2D eigenvalue weighted by molar-refractivity contribution is 5.09. The van der Waals surface area contributed by atoms with Crippen molar-refractivity contribution in [2.45, 2.75) is 25.8 Å². The highest BCUT2D eigenvalue weighted by atomic mass is 15.1. The summed E-state index contributed by atoms with van der Waals surface area (Å²) in [5.41, 5.74) is 2.41. The van der Waals surface area contributed by atoms with Gasteiger partial charge in [-0.15, -0.1) is 0 Å². The summed E-state index contributed by atoms with van der Waals surface area (Å²) in [5, 5.41) is 0. The number of likely N-dealkylation sites (tertiary alicyclic amines) is 1. The molecule has 2 aromatic rings. The number of rotatable bonds is 4. The fourth-order valence-electron chi connectivity index (χ4n) is 2.95. The fraction of sp³-hybridized carbons (Fsp3) is 0.438. The van der Waals surface area contributed by atoms with E-state index in [2.05, 4.69) is 25.9 Å². The van der Waals surface area contributed by atoms with Crippen LogP contribution in [0, 0.1) is 5.92 Å². The zero-order valence-electron chi connectivity index (χ0n) is 11.7. The van der Waals surface area contributed by atoms with Crippen molar-refractivity contribution in [2.75, 3.05) is 13.1 Å². The lowest BCUT2D eigenvalue weighted by Gasteiger charge is -2.32. The third-order valence-corrected chi connectivity index (χ3v) is 3.85. The first-order valence-corrected chi connectivity index (χ1v) is 7.26. The minimum atomic E-state index is 0.727. The molecule has 20 heavy (non-hydrogen) atoms. The molecule has 1 fully saturated rings. The van der Waals surface area contributed by atoms with E-state index in [1.807, 2.05) is 24.7 Å². The number of pyridine rings is 1. The summed E-state index contributed by atoms with van der Waals surface area (Å²) >= 11 is 0. The van der Waals surface area contributed by atoms with Crippen LogP contribution in [0.1, 0.15) is 24.1 Å². The van der Waals surface area contributed by atoms with Crippen molar-refractivity contribution in [3.05, 3.63) is 54.4 Å². The molecule has 0 amide bonds. The molecule has 0 bridgehead atoms. The van der Waals surface area contributed by atoms with Crippen LogP contribution in [0.3, 0.4) is 0 Å². The van der Waals surface area contributed by atoms with Gasteiger partial charge in [-0.2, -0.15) is 0 Å². The van der Waals surface area contributed by atoms with Gasteiger partial charge < -0.3 is 0 Å². The van der Waals surface area contributed by atoms with Gasteiger partial charge in [0.25, 0.3) is 0 Å². The molecule has 1 saturated heterocycles. The first-order chi connectivity index (χ1) is 9.90. The maximum Gasteiger partial charge on any atom is 0.0726 e. The van der Waals surface area contributed by atoms with Crippen LogP contribution in [-0.4, -0.2) is 32.9 Å². The van der Waals surface area contributed by atoms with Crippen LogP contribution in [0.4, 0.5) is 0 Å². The molecule has 104 valence electrons. The minimum absolute atomic E-state index is 0.727. The van der Waals surface area contributed by atoms with Crippen LogP contribution in [0.25, 0.3) is 0 Å². The van der Waals surface area contributed by atoms with Crippen molar-refractivity contribution in [1.82, 2.24) is 19.9 Å². The summed E-state index contributed by atoms with van der Waals surface area (Å²) in [6, 6.07) is 4.20. The van der Waals surface area contributed by atoms with Gasteiger partial charge >= 0.3 is 0 Å². The number of hydrogen-bond acceptors (Lipinski definition) is 4. The summed E-state index contributed by atoms with van der Waals surface area (Å²) in [4.78, 5) is 15.2. The van der Waals surface area contributed by atoms with Crippen LogP contribution in [0.5, 0.6) is 0 Å². The molecule has 0 aliphatic carbocycles. The summed E-state index contributed by atoms with van der Waals surface area (Å²) in [6.07, 6.45) is 12.9. The van der Waals surface area contributed by atoms with E-state index in [4.69, 9.17) is 0 Å². The average molecular weight is 268 g/mol. The first kappa shape index (κ1) is 13.2. The van der Waals surface area contributed by atoms with Crippen molar-refractivity contribution < 1.29 is 0 Å². The molecule has 3 heterocycles. The monoisotopic (exact) mass is 268 g/mol. The topological polar surface area (TPSA) is 41.9 Å². The normalized spacial score (nSPS) is 19.9. The summed E-state index contributed by atoms with van der Waals surface area (Å²) in [7, 11) is 0. The van der Waals surface area contributed by atoms with E-state index in [1.165, 1.54) is 24.9 Å². The summed E-state index contributed by atoms with van der Waals surface area (Å²) in [6.45, 7) is 3.23. The van der Waals surface area contributed by atoms with Gasteiger partial charge in [-0.3, -0.25) is 19.9 Å². The summed E-state index contributed by atoms with van der Waals surface area (Å²) in [5.74, 6) is 0.727. The minimum Gasteiger partial charge on any atom is -0.297 e. The van der Waals surface area contributed by atoms with E-state index in [9.17, 15) is 0 Å². The molecule has 0 radical (unpaired) electrons. The molecule has 0 spiro atoms. The third-order valence-electron chi connectivity index (χ3n) is 3.85. The molecular formula is C16H20N4. The van der Waals surface area contributed by atoms with E-state index in [0.29, 0.717) is 0 Å². The zero-order valence-corrected chi connectivity index (χ0v) is 11.7. The molecule has 0 aromatic carbocycles. The summed E-state index contributed by atoms with van der Waals surface area (Å²) < 4.78 is 0. The van der Waals surface area contributed by atoms with Crippen molar-refractivity contribution in [2.24, 2.45) is 5.92 Å². The Kier molecular flexibility index (Phi) is 4.33. The molecule has 4 heteroatoms. The van der Waals surface area contributed by atoms with Crippen molar-refractivity contribution in [3.63, 3.8) is 0 Å². The largest absolute Gasteiger partial charge is 0.297 e. The highest BCUT2D eigenvalue weighted by Gasteiger charge is 2.20. The Labute approximate surface area is 119 Å². The predicted octanol–water partition coefficient (Wildman–Crippen LogP) is 2.33. The molecule has 1 aliphatic rings. The third kappa shape index (κ3) is 3.61. The van der Waals surface area contributed by atoms with Gasteiger partial charge in [0, 0.05) is 44.1 Å². The maximum atomic E-state index is 4.37. The van der Waals surface area contributed by atoms with Crippen molar-refractivity contribution in [1.29, 1.82) is 0 Å². The Morgan fingerprint density at radius 2 is 2.10 bits per heavy atom. The average Bonchev–Trinajstić information content (AvgIpc) is 2.50. The maximum absolute atomic E-state index is 4.37. The molecule has 0 saturated carbocycles. The second kappa shape index (κ2) is 6.57. The molecule has 1 aliphatic heterocycles. The van der Waals surface area contributed by atoms with E-state index in [0.717, 1.165) is 31.1 Å². The lowest BCUT2D eigenvalue weighted by atomic mass is 9.92. The van der Waals surface area contributed by atoms with Gasteiger partial charge in [-0.05, 0) is 43.4 Å². The lowest BCUT2D eigenvalue weighted by molar-refractivity contribution is 0.165. The van der Waals surface area contributed by atoms with E-state index < -0.39 is 0 Å². The van der Waals surface area contributed by atoms with Crippen LogP contribution < -0.4 is 0 Å². The zero-order chi connectivity index (χ0) is 13.6. The predicted molar refractivity (Wildman–Crippen MR) is 78.0 cm³/mol. The van der Waals surface area contributed by atoms with E-state index in [1.54, 1.807) is 12.4 Å². The number of piperidine rings is 1. The Morgan fingerprint density at radius 3 is 2.90 bits per heavy atom. The van der Waals surface area contributed by atoms with Crippen LogP contribution in [-0.2, 0) is 13.0 Å². The van der Waals surface area contributed by atoms with Gasteiger partial charge in [0.15, 0.2) is 0 Å². The van der Waals surface area contributed by atoms with Crippen molar-refractivity contribution in [3.8, 4) is 0 Å². The molecule has 0 unspecified atom stereocenters. The molecule has 4 nitrogen and oxygen atoms in total. The number of aromatic nitrogens is 3. The van der Waals surface area contributed by atoms with Gasteiger partial charge in [0.1, 0.15) is 0 Å². The number of nitrogens with zero attached hydrogens (tertiary/aromatic N) is 4. The smallest absolute Gasteiger partial charge is 0.0726 e. The Bertz CT molecular complexity index is 467. The van der Waals surface area contributed by atoms with Crippen LogP contribution >= 0.6 is 0 Å². The SMILES string of the molecule is c1cncc(C[C@@H]2CCCN(Cc3cnccn3)C2)c1. The van der Waals surface area contributed by atoms with Crippen molar-refractivity contribution >= 4 is 0 Å². The van der Waals surface area contributed by atoms with Gasteiger partial charge in [0.05, 0.1) is 5.69 Å². The van der Waals surface area contributed by atoms with Gasteiger partial charge in [-0.1, -0.05) is 6.07 Å². The molecule has 1 atom stereocenters. The Balaban J connectivity index is 1.57. The highest BCUT2D eigenvalue weighted by Crippen LogP contribution is 2.21. The van der Waals surface area contributed by atoms with Crippen LogP contribution in [0.2, 0.25) is 0 Å². The van der Waals surface area contributed by atoms with Crippen LogP contribution in [0.15, 0.2) is 43.1 Å². The molecule has 3 rings (SSSR count). The lowest BCUT2D eigenvalue weighted by Crippen LogP contribution is -2.36. The van der Waals surface area contributed by atoms with Gasteiger partial charge in [-0.25, -0.2) is 0 Å². The second-order valence-corrected chi connectivity index (χ2v) is 5.51. The second-order valence-electron chi connectivity index (χ2n) is 5.51. The molecule has 0 N–H and O–H groups in total. The number of hydrogen-bond donors (Lipinski definition) is 0. The Morgan fingerprint density at radius 1 is 1.15 bits per heavy atom. The molecule has 2 aromatic heterocycles.